The van der Waals surface area contributed by atoms with Crippen LogP contribution in [-0.2, 0) is 0 Å². The largest absolute Gasteiger partial charge is 0.328 e. The van der Waals surface area contributed by atoms with E-state index in [0.29, 0.717) is 6.04 Å². The molecule has 2 saturated carbocycles. The van der Waals surface area contributed by atoms with Crippen LogP contribution in [0.1, 0.15) is 64.2 Å². The van der Waals surface area contributed by atoms with Gasteiger partial charge in [-0.25, -0.2) is 0 Å². The standard InChI is InChI=1S/C13H25N/c14-13(10-12-7-4-8-12)9-11-5-2-1-3-6-11/h11-13H,1-10,14H2. The zero-order valence-corrected chi connectivity index (χ0v) is 9.38. The molecule has 0 amide bonds. The molecule has 2 rings (SSSR count). The van der Waals surface area contributed by atoms with Crippen molar-refractivity contribution in [3.05, 3.63) is 0 Å². The lowest BCUT2D eigenvalue weighted by Crippen LogP contribution is -2.29. The highest BCUT2D eigenvalue weighted by Gasteiger charge is 2.22. The summed E-state index contributed by atoms with van der Waals surface area (Å²) in [6.07, 6.45) is 14.3. The molecule has 14 heavy (non-hydrogen) atoms. The van der Waals surface area contributed by atoms with Gasteiger partial charge in [-0.2, -0.15) is 0 Å². The van der Waals surface area contributed by atoms with E-state index in [1.165, 1.54) is 64.2 Å². The quantitative estimate of drug-likeness (QED) is 0.730. The molecule has 0 aromatic heterocycles. The van der Waals surface area contributed by atoms with E-state index in [2.05, 4.69) is 0 Å². The second kappa shape index (κ2) is 5.16. The first-order valence-electron chi connectivity index (χ1n) is 6.60. The molecule has 1 atom stereocenters. The lowest BCUT2D eigenvalue weighted by Gasteiger charge is -2.30. The molecule has 0 heterocycles. The summed E-state index contributed by atoms with van der Waals surface area (Å²) in [5.41, 5.74) is 6.21. The van der Waals surface area contributed by atoms with Gasteiger partial charge in [-0.1, -0.05) is 51.4 Å². The highest BCUT2D eigenvalue weighted by molar-refractivity contribution is 4.78. The Balaban J connectivity index is 1.62. The summed E-state index contributed by atoms with van der Waals surface area (Å²) in [6, 6.07) is 0.517. The molecule has 1 nitrogen and oxygen atoms in total. The summed E-state index contributed by atoms with van der Waals surface area (Å²) in [5.74, 6) is 1.97. The second-order valence-electron chi connectivity index (χ2n) is 5.53. The zero-order chi connectivity index (χ0) is 9.80. The highest BCUT2D eigenvalue weighted by atomic mass is 14.6. The SMILES string of the molecule is NC(CC1CCCCC1)CC1CCC1. The Hall–Kier alpha value is -0.0400. The Labute approximate surface area is 88.4 Å². The molecule has 1 unspecified atom stereocenters. The van der Waals surface area contributed by atoms with Crippen LogP contribution in [-0.4, -0.2) is 6.04 Å². The van der Waals surface area contributed by atoms with Crippen LogP contribution < -0.4 is 5.73 Å². The molecule has 0 spiro atoms. The minimum atomic E-state index is 0.517. The normalized spacial score (nSPS) is 27.2. The van der Waals surface area contributed by atoms with Crippen LogP contribution in [0.15, 0.2) is 0 Å². The minimum absolute atomic E-state index is 0.517. The van der Waals surface area contributed by atoms with E-state index in [4.69, 9.17) is 5.73 Å². The first-order chi connectivity index (χ1) is 6.84. The van der Waals surface area contributed by atoms with E-state index in [0.717, 1.165) is 11.8 Å². The van der Waals surface area contributed by atoms with E-state index < -0.39 is 0 Å². The molecule has 2 aliphatic rings. The molecular formula is C13H25N. The number of hydrogen-bond donors (Lipinski definition) is 1. The molecule has 1 heteroatoms. The van der Waals surface area contributed by atoms with Crippen molar-refractivity contribution in [3.63, 3.8) is 0 Å². The average Bonchev–Trinajstić information content (AvgIpc) is 2.13. The second-order valence-corrected chi connectivity index (χ2v) is 5.53. The van der Waals surface area contributed by atoms with Gasteiger partial charge in [0, 0.05) is 6.04 Å². The lowest BCUT2D eigenvalue weighted by atomic mass is 9.78. The van der Waals surface area contributed by atoms with E-state index in [1.807, 2.05) is 0 Å². The van der Waals surface area contributed by atoms with E-state index in [9.17, 15) is 0 Å². The van der Waals surface area contributed by atoms with Crippen molar-refractivity contribution < 1.29 is 0 Å². The summed E-state index contributed by atoms with van der Waals surface area (Å²) in [5, 5.41) is 0. The molecule has 0 radical (unpaired) electrons. The van der Waals surface area contributed by atoms with Crippen molar-refractivity contribution in [2.24, 2.45) is 17.6 Å². The van der Waals surface area contributed by atoms with Crippen LogP contribution in [0.5, 0.6) is 0 Å². The van der Waals surface area contributed by atoms with E-state index in [-0.39, 0.29) is 0 Å². The maximum atomic E-state index is 6.21. The van der Waals surface area contributed by atoms with Crippen molar-refractivity contribution >= 4 is 0 Å². The topological polar surface area (TPSA) is 26.0 Å². The summed E-state index contributed by atoms with van der Waals surface area (Å²) in [4.78, 5) is 0. The van der Waals surface area contributed by atoms with Gasteiger partial charge in [-0.15, -0.1) is 0 Å². The number of hydrogen-bond acceptors (Lipinski definition) is 1. The Bertz CT molecular complexity index is 157. The maximum Gasteiger partial charge on any atom is 0.00441 e. The Morgan fingerprint density at radius 1 is 0.786 bits per heavy atom. The summed E-state index contributed by atoms with van der Waals surface area (Å²) < 4.78 is 0. The summed E-state index contributed by atoms with van der Waals surface area (Å²) in [7, 11) is 0. The van der Waals surface area contributed by atoms with Crippen molar-refractivity contribution in [3.8, 4) is 0 Å². The molecule has 82 valence electrons. The van der Waals surface area contributed by atoms with Crippen LogP contribution in [0, 0.1) is 11.8 Å². The predicted octanol–water partition coefficient (Wildman–Crippen LogP) is 3.47. The Morgan fingerprint density at radius 2 is 1.29 bits per heavy atom. The number of rotatable bonds is 4. The fourth-order valence-corrected chi connectivity index (χ4v) is 3.10. The van der Waals surface area contributed by atoms with Crippen LogP contribution in [0.3, 0.4) is 0 Å². The molecule has 2 N–H and O–H groups in total. The van der Waals surface area contributed by atoms with Crippen LogP contribution in [0.2, 0.25) is 0 Å². The molecular weight excluding hydrogens is 170 g/mol. The van der Waals surface area contributed by atoms with Crippen molar-refractivity contribution in [1.29, 1.82) is 0 Å². The lowest BCUT2D eigenvalue weighted by molar-refractivity contribution is 0.244. The van der Waals surface area contributed by atoms with Gasteiger partial charge in [-0.05, 0) is 24.7 Å². The first kappa shape index (κ1) is 10.5. The molecule has 2 fully saturated rings. The number of nitrogens with two attached hydrogens (primary N) is 1. The third-order valence-electron chi connectivity index (χ3n) is 4.22. The van der Waals surface area contributed by atoms with Crippen LogP contribution in [0.4, 0.5) is 0 Å². The van der Waals surface area contributed by atoms with E-state index in [1.54, 1.807) is 0 Å². The van der Waals surface area contributed by atoms with Gasteiger partial charge in [0.05, 0.1) is 0 Å². The Kier molecular flexibility index (Phi) is 3.86. The molecule has 0 saturated heterocycles. The van der Waals surface area contributed by atoms with Crippen molar-refractivity contribution in [2.45, 2.75) is 70.3 Å². The molecule has 0 aromatic rings. The van der Waals surface area contributed by atoms with Gasteiger partial charge in [0.2, 0.25) is 0 Å². The fourth-order valence-electron chi connectivity index (χ4n) is 3.10. The maximum absolute atomic E-state index is 6.21. The Morgan fingerprint density at radius 3 is 1.71 bits per heavy atom. The molecule has 2 aliphatic carbocycles. The van der Waals surface area contributed by atoms with E-state index >= 15 is 0 Å². The fraction of sp³-hybridized carbons (Fsp3) is 1.00. The van der Waals surface area contributed by atoms with Gasteiger partial charge in [-0.3, -0.25) is 0 Å². The minimum Gasteiger partial charge on any atom is -0.328 e. The predicted molar refractivity (Wildman–Crippen MR) is 61.1 cm³/mol. The molecule has 0 aliphatic heterocycles. The smallest absolute Gasteiger partial charge is 0.00441 e. The molecule has 0 aromatic carbocycles. The van der Waals surface area contributed by atoms with Gasteiger partial charge in [0.15, 0.2) is 0 Å². The van der Waals surface area contributed by atoms with Gasteiger partial charge < -0.3 is 5.73 Å². The monoisotopic (exact) mass is 195 g/mol. The van der Waals surface area contributed by atoms with Crippen molar-refractivity contribution in [2.75, 3.05) is 0 Å². The highest BCUT2D eigenvalue weighted by Crippen LogP contribution is 2.33. The van der Waals surface area contributed by atoms with Crippen molar-refractivity contribution in [1.82, 2.24) is 0 Å². The average molecular weight is 195 g/mol. The van der Waals surface area contributed by atoms with Gasteiger partial charge in [0.1, 0.15) is 0 Å². The van der Waals surface area contributed by atoms with Crippen LogP contribution in [0.25, 0.3) is 0 Å². The summed E-state index contributed by atoms with van der Waals surface area (Å²) in [6.45, 7) is 0. The van der Waals surface area contributed by atoms with Gasteiger partial charge in [0.25, 0.3) is 0 Å². The first-order valence-corrected chi connectivity index (χ1v) is 6.60. The van der Waals surface area contributed by atoms with Gasteiger partial charge >= 0.3 is 0 Å². The molecule has 0 bridgehead atoms. The third-order valence-corrected chi connectivity index (χ3v) is 4.22. The van der Waals surface area contributed by atoms with Crippen LogP contribution >= 0.6 is 0 Å². The summed E-state index contributed by atoms with van der Waals surface area (Å²) >= 11 is 0. The zero-order valence-electron chi connectivity index (χ0n) is 9.38. The third kappa shape index (κ3) is 2.98.